The number of hydrogen-bond acceptors (Lipinski definition) is 5. The number of nitrogens with two attached hydrogens (primary N) is 1. The average molecular weight is 301 g/mol. The van der Waals surface area contributed by atoms with E-state index in [1.165, 1.54) is 7.05 Å². The van der Waals surface area contributed by atoms with Crippen LogP contribution >= 0.6 is 11.8 Å². The van der Waals surface area contributed by atoms with Gasteiger partial charge in [-0.2, -0.15) is 11.8 Å². The van der Waals surface area contributed by atoms with Crippen LogP contribution in [-0.4, -0.2) is 39.6 Å². The molecule has 106 valence electrons. The van der Waals surface area contributed by atoms with Crippen molar-refractivity contribution in [1.29, 1.82) is 0 Å². The minimum atomic E-state index is -3.48. The molecule has 0 aromatic heterocycles. The Hall–Kier alpha value is -0.920. The van der Waals surface area contributed by atoms with Gasteiger partial charge in [0.25, 0.3) is 0 Å². The van der Waals surface area contributed by atoms with E-state index in [9.17, 15) is 8.42 Å². The third kappa shape index (κ3) is 3.16. The Bertz CT molecular complexity index is 560. The van der Waals surface area contributed by atoms with Crippen molar-refractivity contribution >= 4 is 33.2 Å². The fraction of sp³-hybridized carbons (Fsp3) is 0.500. The lowest BCUT2D eigenvalue weighted by Gasteiger charge is -2.32. The van der Waals surface area contributed by atoms with Crippen LogP contribution in [0, 0.1) is 0 Å². The standard InChI is InChI=1S/C12H19N3O2S2/c1-9-8-15(5-6-18-9)10-3-4-12(11(13)7-10)19(16,17)14-2/h3-4,7,9,14H,5-6,8,13H2,1-2H3. The minimum absolute atomic E-state index is 0.137. The van der Waals surface area contributed by atoms with Gasteiger partial charge in [-0.15, -0.1) is 0 Å². The number of anilines is 2. The first-order valence-electron chi connectivity index (χ1n) is 6.13. The second-order valence-corrected chi connectivity index (χ2v) is 7.96. The molecule has 2 rings (SSSR count). The maximum Gasteiger partial charge on any atom is 0.242 e. The molecule has 1 aliphatic rings. The maximum atomic E-state index is 11.8. The number of nitrogens with zero attached hydrogens (tertiary/aromatic N) is 1. The molecule has 0 aliphatic carbocycles. The number of rotatable bonds is 3. The molecule has 1 aliphatic heterocycles. The molecule has 1 fully saturated rings. The summed E-state index contributed by atoms with van der Waals surface area (Å²) in [6.07, 6.45) is 0. The average Bonchev–Trinajstić information content (AvgIpc) is 2.38. The molecule has 0 saturated carbocycles. The Labute approximate surface area is 118 Å². The van der Waals surface area contributed by atoms with Crippen LogP contribution in [0.1, 0.15) is 6.92 Å². The fourth-order valence-electron chi connectivity index (χ4n) is 2.14. The minimum Gasteiger partial charge on any atom is -0.398 e. The van der Waals surface area contributed by atoms with Crippen LogP contribution in [0.4, 0.5) is 11.4 Å². The first-order valence-corrected chi connectivity index (χ1v) is 8.67. The molecule has 0 spiro atoms. The zero-order chi connectivity index (χ0) is 14.0. The van der Waals surface area contributed by atoms with Crippen LogP contribution in [0.15, 0.2) is 23.1 Å². The summed E-state index contributed by atoms with van der Waals surface area (Å²) in [5.74, 6) is 1.08. The van der Waals surface area contributed by atoms with Gasteiger partial charge in [0.2, 0.25) is 10.0 Å². The van der Waals surface area contributed by atoms with Crippen molar-refractivity contribution in [2.24, 2.45) is 0 Å². The molecule has 3 N–H and O–H groups in total. The highest BCUT2D eigenvalue weighted by Gasteiger charge is 2.20. The van der Waals surface area contributed by atoms with E-state index < -0.39 is 10.0 Å². The van der Waals surface area contributed by atoms with Gasteiger partial charge in [-0.3, -0.25) is 0 Å². The first-order chi connectivity index (χ1) is 8.94. The number of benzene rings is 1. The molecule has 5 nitrogen and oxygen atoms in total. The van der Waals surface area contributed by atoms with Crippen LogP contribution in [0.5, 0.6) is 0 Å². The van der Waals surface area contributed by atoms with Crippen molar-refractivity contribution in [2.45, 2.75) is 17.1 Å². The highest BCUT2D eigenvalue weighted by atomic mass is 32.2. The number of hydrogen-bond donors (Lipinski definition) is 2. The summed E-state index contributed by atoms with van der Waals surface area (Å²) < 4.78 is 25.8. The van der Waals surface area contributed by atoms with Gasteiger partial charge in [-0.05, 0) is 25.2 Å². The summed E-state index contributed by atoms with van der Waals surface area (Å²) in [6, 6.07) is 5.14. The largest absolute Gasteiger partial charge is 0.398 e. The molecule has 1 atom stereocenters. The van der Waals surface area contributed by atoms with Crippen molar-refractivity contribution in [2.75, 3.05) is 36.5 Å². The second-order valence-electron chi connectivity index (χ2n) is 4.56. The van der Waals surface area contributed by atoms with Gasteiger partial charge in [0.1, 0.15) is 4.90 Å². The van der Waals surface area contributed by atoms with Gasteiger partial charge in [-0.25, -0.2) is 13.1 Å². The highest BCUT2D eigenvalue weighted by molar-refractivity contribution is 8.00. The second kappa shape index (κ2) is 5.60. The van der Waals surface area contributed by atoms with Crippen LogP contribution in [0.25, 0.3) is 0 Å². The third-order valence-corrected chi connectivity index (χ3v) is 5.78. The Morgan fingerprint density at radius 1 is 1.47 bits per heavy atom. The van der Waals surface area contributed by atoms with E-state index in [1.54, 1.807) is 12.1 Å². The van der Waals surface area contributed by atoms with E-state index >= 15 is 0 Å². The molecule has 0 amide bonds. The van der Waals surface area contributed by atoms with Crippen LogP contribution in [0.2, 0.25) is 0 Å². The fourth-order valence-corrected chi connectivity index (χ4v) is 3.99. The predicted molar refractivity (Wildman–Crippen MR) is 81.2 cm³/mol. The number of sulfonamides is 1. The first kappa shape index (κ1) is 14.5. The van der Waals surface area contributed by atoms with Crippen molar-refractivity contribution in [3.63, 3.8) is 0 Å². The van der Waals surface area contributed by atoms with Crippen LogP contribution < -0.4 is 15.4 Å². The quantitative estimate of drug-likeness (QED) is 0.818. The van der Waals surface area contributed by atoms with Crippen LogP contribution in [-0.2, 0) is 10.0 Å². The summed E-state index contributed by atoms with van der Waals surface area (Å²) >= 11 is 1.95. The molecular formula is C12H19N3O2S2. The molecule has 0 radical (unpaired) electrons. The lowest BCUT2D eigenvalue weighted by atomic mass is 10.2. The highest BCUT2D eigenvalue weighted by Crippen LogP contribution is 2.28. The Morgan fingerprint density at radius 2 is 2.21 bits per heavy atom. The molecule has 19 heavy (non-hydrogen) atoms. The molecule has 7 heteroatoms. The third-order valence-electron chi connectivity index (χ3n) is 3.16. The summed E-state index contributed by atoms with van der Waals surface area (Å²) in [6.45, 7) is 4.12. The molecular weight excluding hydrogens is 282 g/mol. The van der Waals surface area contributed by atoms with E-state index in [0.717, 1.165) is 24.5 Å². The van der Waals surface area contributed by atoms with Gasteiger partial charge in [0, 0.05) is 29.8 Å². The smallest absolute Gasteiger partial charge is 0.242 e. The lowest BCUT2D eigenvalue weighted by molar-refractivity contribution is 0.588. The summed E-state index contributed by atoms with van der Waals surface area (Å²) in [4.78, 5) is 2.38. The Kier molecular flexibility index (Phi) is 4.27. The number of nitrogens with one attached hydrogen (secondary N) is 1. The molecule has 1 unspecified atom stereocenters. The van der Waals surface area contributed by atoms with Gasteiger partial charge in [0.15, 0.2) is 0 Å². The van der Waals surface area contributed by atoms with E-state index in [2.05, 4.69) is 16.5 Å². The van der Waals surface area contributed by atoms with Crippen molar-refractivity contribution < 1.29 is 8.42 Å². The maximum absolute atomic E-state index is 11.8. The van der Waals surface area contributed by atoms with Gasteiger partial charge < -0.3 is 10.6 Å². The summed E-state index contributed by atoms with van der Waals surface area (Å²) in [5.41, 5.74) is 7.15. The SMILES string of the molecule is CNS(=O)(=O)c1ccc(N2CCSC(C)C2)cc1N. The monoisotopic (exact) mass is 301 g/mol. The Balaban J connectivity index is 2.29. The topological polar surface area (TPSA) is 75.4 Å². The summed E-state index contributed by atoms with van der Waals surface area (Å²) in [7, 11) is -2.10. The van der Waals surface area contributed by atoms with E-state index in [4.69, 9.17) is 5.73 Å². The van der Waals surface area contributed by atoms with E-state index in [0.29, 0.717) is 5.25 Å². The Morgan fingerprint density at radius 3 is 2.79 bits per heavy atom. The lowest BCUT2D eigenvalue weighted by Crippen LogP contribution is -2.36. The molecule has 0 bridgehead atoms. The van der Waals surface area contributed by atoms with Crippen molar-refractivity contribution in [3.8, 4) is 0 Å². The van der Waals surface area contributed by atoms with E-state index in [-0.39, 0.29) is 10.6 Å². The zero-order valence-corrected chi connectivity index (χ0v) is 12.7. The molecule has 1 heterocycles. The van der Waals surface area contributed by atoms with Gasteiger partial charge >= 0.3 is 0 Å². The predicted octanol–water partition coefficient (Wildman–Crippen LogP) is 1.12. The molecule has 1 aromatic rings. The summed E-state index contributed by atoms with van der Waals surface area (Å²) in [5, 5.41) is 0.579. The van der Waals surface area contributed by atoms with Crippen molar-refractivity contribution in [3.05, 3.63) is 18.2 Å². The molecule has 1 aromatic carbocycles. The number of thioether (sulfide) groups is 1. The zero-order valence-electron chi connectivity index (χ0n) is 11.1. The molecule has 1 saturated heterocycles. The van der Waals surface area contributed by atoms with Crippen LogP contribution in [0.3, 0.4) is 0 Å². The van der Waals surface area contributed by atoms with Gasteiger partial charge in [0.05, 0.1) is 5.69 Å². The van der Waals surface area contributed by atoms with Gasteiger partial charge in [-0.1, -0.05) is 6.92 Å². The van der Waals surface area contributed by atoms with Crippen molar-refractivity contribution in [1.82, 2.24) is 4.72 Å². The normalized spacial score (nSPS) is 20.5. The van der Waals surface area contributed by atoms with E-state index in [1.807, 2.05) is 17.8 Å². The number of nitrogen functional groups attached to an aromatic ring is 1.